The third-order valence-corrected chi connectivity index (χ3v) is 1.72. The standard InChI is InChI=1S/C10H11NO/c1-2-3-8-4-5-10(12)9(6-8)7-11/h4-6,12H,2-3H2,1H3. The molecular formula is C10H11NO. The van der Waals surface area contributed by atoms with Gasteiger partial charge in [0.1, 0.15) is 11.8 Å². The normalized spacial score (nSPS) is 9.33. The second-order valence-electron chi connectivity index (χ2n) is 2.71. The van der Waals surface area contributed by atoms with Crippen LogP contribution in [0.4, 0.5) is 0 Å². The largest absolute Gasteiger partial charge is 0.507 e. The van der Waals surface area contributed by atoms with Gasteiger partial charge in [0.05, 0.1) is 5.56 Å². The molecule has 0 aliphatic rings. The summed E-state index contributed by atoms with van der Waals surface area (Å²) < 4.78 is 0. The molecule has 0 heterocycles. The highest BCUT2D eigenvalue weighted by Gasteiger charge is 2.00. The van der Waals surface area contributed by atoms with Crippen molar-refractivity contribution >= 4 is 0 Å². The van der Waals surface area contributed by atoms with Crippen LogP contribution < -0.4 is 0 Å². The van der Waals surface area contributed by atoms with Crippen LogP contribution in [0, 0.1) is 11.3 Å². The number of hydrogen-bond acceptors (Lipinski definition) is 2. The van der Waals surface area contributed by atoms with E-state index in [0.29, 0.717) is 5.56 Å². The second-order valence-corrected chi connectivity index (χ2v) is 2.71. The predicted molar refractivity (Wildman–Crippen MR) is 46.8 cm³/mol. The number of aryl methyl sites for hydroxylation is 1. The zero-order valence-electron chi connectivity index (χ0n) is 7.04. The molecule has 0 unspecified atom stereocenters. The maximum Gasteiger partial charge on any atom is 0.133 e. The van der Waals surface area contributed by atoms with Crippen LogP contribution in [0.15, 0.2) is 18.2 Å². The fraction of sp³-hybridized carbons (Fsp3) is 0.300. The minimum absolute atomic E-state index is 0.0670. The summed E-state index contributed by atoms with van der Waals surface area (Å²) in [6.07, 6.45) is 2.00. The van der Waals surface area contributed by atoms with Gasteiger partial charge in [0.25, 0.3) is 0 Å². The zero-order valence-corrected chi connectivity index (χ0v) is 7.04. The lowest BCUT2D eigenvalue weighted by Crippen LogP contribution is -1.84. The van der Waals surface area contributed by atoms with Gasteiger partial charge in [0.15, 0.2) is 0 Å². The van der Waals surface area contributed by atoms with Crippen molar-refractivity contribution in [3.05, 3.63) is 29.3 Å². The second kappa shape index (κ2) is 3.77. The number of phenolic OH excluding ortho intramolecular Hbond substituents is 1. The van der Waals surface area contributed by atoms with Crippen LogP contribution in [0.2, 0.25) is 0 Å². The van der Waals surface area contributed by atoms with Crippen LogP contribution in [0.25, 0.3) is 0 Å². The highest BCUT2D eigenvalue weighted by atomic mass is 16.3. The van der Waals surface area contributed by atoms with Crippen molar-refractivity contribution in [1.29, 1.82) is 5.26 Å². The molecule has 62 valence electrons. The number of rotatable bonds is 2. The van der Waals surface area contributed by atoms with Gasteiger partial charge in [-0.05, 0) is 24.1 Å². The van der Waals surface area contributed by atoms with E-state index in [1.165, 1.54) is 0 Å². The molecule has 1 rings (SSSR count). The summed E-state index contributed by atoms with van der Waals surface area (Å²) in [5.41, 5.74) is 1.47. The smallest absolute Gasteiger partial charge is 0.133 e. The summed E-state index contributed by atoms with van der Waals surface area (Å²) in [5, 5.41) is 17.8. The minimum atomic E-state index is 0.0670. The quantitative estimate of drug-likeness (QED) is 0.722. The molecule has 0 atom stereocenters. The summed E-state index contributed by atoms with van der Waals surface area (Å²) >= 11 is 0. The first-order chi connectivity index (χ1) is 5.77. The topological polar surface area (TPSA) is 44.0 Å². The van der Waals surface area contributed by atoms with E-state index in [-0.39, 0.29) is 5.75 Å². The molecule has 0 saturated heterocycles. The van der Waals surface area contributed by atoms with Crippen molar-refractivity contribution in [2.75, 3.05) is 0 Å². The Hall–Kier alpha value is -1.49. The Morgan fingerprint density at radius 3 is 2.83 bits per heavy atom. The molecule has 0 amide bonds. The summed E-state index contributed by atoms with van der Waals surface area (Å²) in [5.74, 6) is 0.0670. The van der Waals surface area contributed by atoms with Gasteiger partial charge in [-0.2, -0.15) is 5.26 Å². The van der Waals surface area contributed by atoms with Gasteiger partial charge in [-0.15, -0.1) is 0 Å². The summed E-state index contributed by atoms with van der Waals surface area (Å²) in [6.45, 7) is 2.08. The first kappa shape index (κ1) is 8.61. The van der Waals surface area contributed by atoms with Crippen LogP contribution in [0.3, 0.4) is 0 Å². The van der Waals surface area contributed by atoms with Crippen LogP contribution in [0.5, 0.6) is 5.75 Å². The highest BCUT2D eigenvalue weighted by Crippen LogP contribution is 2.17. The van der Waals surface area contributed by atoms with E-state index in [1.807, 2.05) is 12.1 Å². The van der Waals surface area contributed by atoms with Gasteiger partial charge >= 0.3 is 0 Å². The highest BCUT2D eigenvalue weighted by molar-refractivity contribution is 5.44. The van der Waals surface area contributed by atoms with Gasteiger partial charge < -0.3 is 5.11 Å². The number of benzene rings is 1. The van der Waals surface area contributed by atoms with Gasteiger partial charge in [0, 0.05) is 0 Å². The molecule has 0 saturated carbocycles. The Balaban J connectivity index is 2.99. The van der Waals surface area contributed by atoms with E-state index in [2.05, 4.69) is 6.92 Å². The molecule has 0 aliphatic heterocycles. The molecule has 12 heavy (non-hydrogen) atoms. The molecule has 0 aliphatic carbocycles. The van der Waals surface area contributed by atoms with E-state index >= 15 is 0 Å². The molecular weight excluding hydrogens is 150 g/mol. The average molecular weight is 161 g/mol. The number of aromatic hydroxyl groups is 1. The predicted octanol–water partition coefficient (Wildman–Crippen LogP) is 2.22. The van der Waals surface area contributed by atoms with Crippen LogP contribution in [-0.2, 0) is 6.42 Å². The first-order valence-electron chi connectivity index (χ1n) is 4.00. The van der Waals surface area contributed by atoms with Crippen molar-refractivity contribution < 1.29 is 5.11 Å². The van der Waals surface area contributed by atoms with E-state index in [9.17, 15) is 5.11 Å². The zero-order chi connectivity index (χ0) is 8.97. The van der Waals surface area contributed by atoms with Crippen molar-refractivity contribution in [2.45, 2.75) is 19.8 Å². The Kier molecular flexibility index (Phi) is 2.71. The minimum Gasteiger partial charge on any atom is -0.507 e. The van der Waals surface area contributed by atoms with Crippen LogP contribution >= 0.6 is 0 Å². The van der Waals surface area contributed by atoms with Crippen LogP contribution in [0.1, 0.15) is 24.5 Å². The summed E-state index contributed by atoms with van der Waals surface area (Å²) in [6, 6.07) is 7.10. The first-order valence-corrected chi connectivity index (χ1v) is 4.00. The van der Waals surface area contributed by atoms with Gasteiger partial charge in [-0.3, -0.25) is 0 Å². The molecule has 0 aromatic heterocycles. The number of nitrogens with zero attached hydrogens (tertiary/aromatic N) is 1. The lowest BCUT2D eigenvalue weighted by Gasteiger charge is -2.00. The third-order valence-electron chi connectivity index (χ3n) is 1.72. The molecule has 2 heteroatoms. The maximum atomic E-state index is 9.18. The third kappa shape index (κ3) is 1.76. The van der Waals surface area contributed by atoms with Crippen molar-refractivity contribution in [3.8, 4) is 11.8 Å². The monoisotopic (exact) mass is 161 g/mol. The number of nitriles is 1. The molecule has 0 bridgehead atoms. The van der Waals surface area contributed by atoms with Gasteiger partial charge in [-0.25, -0.2) is 0 Å². The molecule has 0 radical (unpaired) electrons. The Morgan fingerprint density at radius 2 is 2.25 bits per heavy atom. The van der Waals surface area contributed by atoms with Gasteiger partial charge in [0.2, 0.25) is 0 Å². The fourth-order valence-electron chi connectivity index (χ4n) is 1.12. The number of hydrogen-bond donors (Lipinski definition) is 1. The van der Waals surface area contributed by atoms with E-state index in [0.717, 1.165) is 18.4 Å². The Morgan fingerprint density at radius 1 is 1.50 bits per heavy atom. The molecule has 2 nitrogen and oxygen atoms in total. The van der Waals surface area contributed by atoms with Crippen molar-refractivity contribution in [2.24, 2.45) is 0 Å². The molecule has 1 N–H and O–H groups in total. The average Bonchev–Trinajstić information content (AvgIpc) is 2.09. The Labute approximate surface area is 72.1 Å². The lowest BCUT2D eigenvalue weighted by molar-refractivity contribution is 0.473. The SMILES string of the molecule is CCCc1ccc(O)c(C#N)c1. The molecule has 1 aromatic rings. The van der Waals surface area contributed by atoms with Crippen LogP contribution in [-0.4, -0.2) is 5.11 Å². The Bertz CT molecular complexity index is 312. The molecule has 0 fully saturated rings. The molecule has 0 spiro atoms. The maximum absolute atomic E-state index is 9.18. The van der Waals surface area contributed by atoms with E-state index in [4.69, 9.17) is 5.26 Å². The number of phenols is 1. The van der Waals surface area contributed by atoms with E-state index in [1.54, 1.807) is 12.1 Å². The van der Waals surface area contributed by atoms with Crippen molar-refractivity contribution in [1.82, 2.24) is 0 Å². The fourth-order valence-corrected chi connectivity index (χ4v) is 1.12. The summed E-state index contributed by atoms with van der Waals surface area (Å²) in [4.78, 5) is 0. The summed E-state index contributed by atoms with van der Waals surface area (Å²) in [7, 11) is 0. The molecule has 1 aromatic carbocycles. The van der Waals surface area contributed by atoms with E-state index < -0.39 is 0 Å². The van der Waals surface area contributed by atoms with Crippen molar-refractivity contribution in [3.63, 3.8) is 0 Å². The van der Waals surface area contributed by atoms with Gasteiger partial charge in [-0.1, -0.05) is 19.4 Å². The lowest BCUT2D eigenvalue weighted by atomic mass is 10.1.